The average Bonchev–Trinajstić information content (AvgIpc) is 3.36. The molecule has 6 aliphatic rings. The van der Waals surface area contributed by atoms with Crippen molar-refractivity contribution >= 4 is 0 Å². The Hall–Kier alpha value is -0.600. The Labute approximate surface area is 158 Å². The molecule has 0 aromatic carbocycles. The first-order chi connectivity index (χ1) is 12.5. The second-order valence-corrected chi connectivity index (χ2v) is 10.6. The van der Waals surface area contributed by atoms with Crippen molar-refractivity contribution in [3.8, 4) is 0 Å². The molecule has 1 spiro atoms. The van der Waals surface area contributed by atoms with E-state index in [1.165, 1.54) is 51.4 Å². The Balaban J connectivity index is 1.34. The van der Waals surface area contributed by atoms with Gasteiger partial charge in [-0.2, -0.15) is 0 Å². The van der Waals surface area contributed by atoms with Gasteiger partial charge in [-0.05, 0) is 91.1 Å². The quantitative estimate of drug-likeness (QED) is 0.594. The number of ether oxygens (including phenoxy) is 2. The van der Waals surface area contributed by atoms with E-state index in [0.717, 1.165) is 43.8 Å². The summed E-state index contributed by atoms with van der Waals surface area (Å²) >= 11 is 0. The number of rotatable bonds is 1. The summed E-state index contributed by atoms with van der Waals surface area (Å²) in [7, 11) is 0. The molecule has 3 fully saturated rings. The predicted molar refractivity (Wildman–Crippen MR) is 103 cm³/mol. The molecule has 2 nitrogen and oxygen atoms in total. The first kappa shape index (κ1) is 16.4. The van der Waals surface area contributed by atoms with E-state index in [1.54, 1.807) is 16.7 Å². The highest BCUT2D eigenvalue weighted by Crippen LogP contribution is 2.71. The average molecular weight is 355 g/mol. The van der Waals surface area contributed by atoms with Crippen LogP contribution in [-0.4, -0.2) is 19.0 Å². The number of hydrogen-bond acceptors (Lipinski definition) is 2. The molecule has 0 amide bonds. The first-order valence-corrected chi connectivity index (χ1v) is 11.2. The second-order valence-electron chi connectivity index (χ2n) is 10.6. The number of fused-ring (bicyclic) bond motifs is 4. The van der Waals surface area contributed by atoms with Crippen LogP contribution in [0.15, 0.2) is 22.8 Å². The summed E-state index contributed by atoms with van der Waals surface area (Å²) in [4.78, 5) is 0. The van der Waals surface area contributed by atoms with Crippen LogP contribution in [-0.2, 0) is 9.47 Å². The van der Waals surface area contributed by atoms with Crippen LogP contribution in [0.1, 0.15) is 78.1 Å². The molecule has 1 heterocycles. The van der Waals surface area contributed by atoms with Gasteiger partial charge in [-0.15, -0.1) is 0 Å². The van der Waals surface area contributed by atoms with Crippen molar-refractivity contribution in [3.05, 3.63) is 22.8 Å². The zero-order chi connectivity index (χ0) is 17.6. The van der Waals surface area contributed by atoms with Gasteiger partial charge in [0.15, 0.2) is 5.79 Å². The van der Waals surface area contributed by atoms with Crippen LogP contribution >= 0.6 is 0 Å². The smallest absolute Gasteiger partial charge is 0.172 e. The van der Waals surface area contributed by atoms with E-state index in [9.17, 15) is 0 Å². The van der Waals surface area contributed by atoms with Crippen molar-refractivity contribution in [2.45, 2.75) is 83.8 Å². The molecule has 2 heteroatoms. The molecule has 6 rings (SSSR count). The summed E-state index contributed by atoms with van der Waals surface area (Å²) in [5.41, 5.74) is 6.33. The molecule has 0 bridgehead atoms. The lowest BCUT2D eigenvalue weighted by atomic mass is 9.52. The van der Waals surface area contributed by atoms with Crippen LogP contribution < -0.4 is 0 Å². The lowest BCUT2D eigenvalue weighted by molar-refractivity contribution is -0.164. The summed E-state index contributed by atoms with van der Waals surface area (Å²) in [5, 5.41) is 0. The SMILES string of the molecule is C[C@]12CC=C3C4=C(CC[C@H]3[C@@H]1CC[C@]2(C)C1CC1)CC1(CC4)OCCO1. The van der Waals surface area contributed by atoms with E-state index >= 15 is 0 Å². The third-order valence-corrected chi connectivity index (χ3v) is 9.79. The van der Waals surface area contributed by atoms with Crippen molar-refractivity contribution in [2.75, 3.05) is 13.2 Å². The molecule has 5 aliphatic carbocycles. The Kier molecular flexibility index (Phi) is 3.31. The number of hydrogen-bond donors (Lipinski definition) is 0. The Morgan fingerprint density at radius 1 is 0.923 bits per heavy atom. The number of allylic oxidation sites excluding steroid dienone is 3. The predicted octanol–water partition coefficient (Wildman–Crippen LogP) is 5.78. The normalized spacial score (nSPS) is 46.8. The largest absolute Gasteiger partial charge is 0.347 e. The van der Waals surface area contributed by atoms with Gasteiger partial charge in [-0.3, -0.25) is 0 Å². The monoisotopic (exact) mass is 354 g/mol. The van der Waals surface area contributed by atoms with Crippen LogP contribution in [0.3, 0.4) is 0 Å². The Morgan fingerprint density at radius 2 is 1.73 bits per heavy atom. The van der Waals surface area contributed by atoms with E-state index in [0.29, 0.717) is 10.8 Å². The highest BCUT2D eigenvalue weighted by atomic mass is 16.7. The zero-order valence-electron chi connectivity index (χ0n) is 16.6. The molecule has 26 heavy (non-hydrogen) atoms. The van der Waals surface area contributed by atoms with Crippen molar-refractivity contribution in [1.82, 2.24) is 0 Å². The van der Waals surface area contributed by atoms with Crippen molar-refractivity contribution in [1.29, 1.82) is 0 Å². The van der Waals surface area contributed by atoms with Crippen molar-refractivity contribution in [2.24, 2.45) is 28.6 Å². The molecule has 4 atom stereocenters. The standard InChI is InChI=1S/C24H34O2/c1-22(17-4-5-17)11-9-21-20-6-3-16-15-24(25-13-14-26-24)12-8-18(16)19(20)7-10-23(21,22)2/h7,17,20-21H,3-6,8-15H2,1-2H3/t20-,21+,22-,23+/m1/s1. The van der Waals surface area contributed by atoms with Gasteiger partial charge < -0.3 is 9.47 Å². The van der Waals surface area contributed by atoms with Gasteiger partial charge in [0.1, 0.15) is 0 Å². The summed E-state index contributed by atoms with van der Waals surface area (Å²) in [5.74, 6) is 2.54. The molecule has 0 aromatic rings. The van der Waals surface area contributed by atoms with Crippen LogP contribution in [0.5, 0.6) is 0 Å². The fourth-order valence-corrected chi connectivity index (χ4v) is 7.97. The maximum atomic E-state index is 6.04. The van der Waals surface area contributed by atoms with Crippen LogP contribution in [0.4, 0.5) is 0 Å². The van der Waals surface area contributed by atoms with Gasteiger partial charge in [0, 0.05) is 12.8 Å². The maximum absolute atomic E-state index is 6.04. The van der Waals surface area contributed by atoms with E-state index in [2.05, 4.69) is 19.9 Å². The van der Waals surface area contributed by atoms with E-state index < -0.39 is 0 Å². The topological polar surface area (TPSA) is 18.5 Å². The van der Waals surface area contributed by atoms with Crippen LogP contribution in [0, 0.1) is 28.6 Å². The minimum atomic E-state index is -0.257. The summed E-state index contributed by atoms with van der Waals surface area (Å²) in [6.45, 7) is 6.88. The first-order valence-electron chi connectivity index (χ1n) is 11.2. The van der Waals surface area contributed by atoms with Crippen LogP contribution in [0.2, 0.25) is 0 Å². The second kappa shape index (κ2) is 5.26. The molecule has 142 valence electrons. The van der Waals surface area contributed by atoms with Crippen molar-refractivity contribution in [3.63, 3.8) is 0 Å². The molecule has 0 radical (unpaired) electrons. The molecular formula is C24H34O2. The van der Waals surface area contributed by atoms with Gasteiger partial charge >= 0.3 is 0 Å². The highest BCUT2D eigenvalue weighted by Gasteiger charge is 2.62. The molecule has 0 unspecified atom stereocenters. The molecule has 0 N–H and O–H groups in total. The van der Waals surface area contributed by atoms with Crippen LogP contribution in [0.25, 0.3) is 0 Å². The summed E-state index contributed by atoms with van der Waals surface area (Å²) < 4.78 is 12.1. The third-order valence-electron chi connectivity index (χ3n) is 9.79. The van der Waals surface area contributed by atoms with E-state index in [1.807, 2.05) is 0 Å². The molecule has 1 aliphatic heterocycles. The molecule has 2 saturated carbocycles. The van der Waals surface area contributed by atoms with Gasteiger partial charge in [0.25, 0.3) is 0 Å². The minimum Gasteiger partial charge on any atom is -0.347 e. The van der Waals surface area contributed by atoms with E-state index in [-0.39, 0.29) is 5.79 Å². The molecular weight excluding hydrogens is 320 g/mol. The fraction of sp³-hybridized carbons (Fsp3) is 0.833. The Bertz CT molecular complexity index is 693. The highest BCUT2D eigenvalue weighted by molar-refractivity contribution is 5.45. The summed E-state index contributed by atoms with van der Waals surface area (Å²) in [6.07, 6.45) is 15.9. The maximum Gasteiger partial charge on any atom is 0.172 e. The van der Waals surface area contributed by atoms with E-state index in [4.69, 9.17) is 9.47 Å². The third kappa shape index (κ3) is 2.01. The Morgan fingerprint density at radius 3 is 2.50 bits per heavy atom. The summed E-state index contributed by atoms with van der Waals surface area (Å²) in [6, 6.07) is 0. The molecule has 1 saturated heterocycles. The van der Waals surface area contributed by atoms with Gasteiger partial charge in [-0.25, -0.2) is 0 Å². The van der Waals surface area contributed by atoms with Gasteiger partial charge in [0.2, 0.25) is 0 Å². The zero-order valence-corrected chi connectivity index (χ0v) is 16.6. The fourth-order valence-electron chi connectivity index (χ4n) is 7.97. The minimum absolute atomic E-state index is 0.257. The lowest BCUT2D eigenvalue weighted by Gasteiger charge is -2.52. The van der Waals surface area contributed by atoms with Gasteiger partial charge in [0.05, 0.1) is 13.2 Å². The molecule has 0 aromatic heterocycles. The van der Waals surface area contributed by atoms with Crippen molar-refractivity contribution < 1.29 is 9.47 Å². The lowest BCUT2D eigenvalue weighted by Crippen LogP contribution is -2.45. The van der Waals surface area contributed by atoms with Gasteiger partial charge in [-0.1, -0.05) is 25.5 Å².